The molecule has 0 atom stereocenters. The Labute approximate surface area is 144 Å². The Kier molecular flexibility index (Phi) is 4.57. The van der Waals surface area contributed by atoms with Crippen molar-refractivity contribution in [1.29, 1.82) is 0 Å². The second kappa shape index (κ2) is 6.65. The molecule has 0 saturated carbocycles. The summed E-state index contributed by atoms with van der Waals surface area (Å²) >= 11 is 6.06. The summed E-state index contributed by atoms with van der Waals surface area (Å²) in [6.07, 6.45) is 1.92. The van der Waals surface area contributed by atoms with Crippen molar-refractivity contribution in [3.05, 3.63) is 53.0 Å². The third-order valence-corrected chi connectivity index (χ3v) is 3.89. The number of rotatable bonds is 5. The fourth-order valence-corrected chi connectivity index (χ4v) is 2.64. The second-order valence-electron chi connectivity index (χ2n) is 5.64. The fourth-order valence-electron chi connectivity index (χ4n) is 2.44. The van der Waals surface area contributed by atoms with Gasteiger partial charge in [0.2, 0.25) is 5.22 Å². The monoisotopic (exact) mass is 349 g/mol. The lowest BCUT2D eigenvalue weighted by molar-refractivity contribution is 0.386. The molecule has 2 heterocycles. The van der Waals surface area contributed by atoms with E-state index in [0.29, 0.717) is 23.6 Å². The zero-order valence-corrected chi connectivity index (χ0v) is 14.3. The number of hydrogen-bond donors (Lipinski definition) is 0. The van der Waals surface area contributed by atoms with Gasteiger partial charge in [0.25, 0.3) is 0 Å². The molecule has 0 aliphatic rings. The Morgan fingerprint density at radius 2 is 2.12 bits per heavy atom. The van der Waals surface area contributed by atoms with Crippen LogP contribution in [0.1, 0.15) is 31.3 Å². The normalized spacial score (nSPS) is 11.2. The van der Waals surface area contributed by atoms with E-state index in [1.54, 1.807) is 22.9 Å². The van der Waals surface area contributed by atoms with Gasteiger partial charge in [-0.25, -0.2) is 14.1 Å². The molecule has 3 aromatic rings. The lowest BCUT2D eigenvalue weighted by atomic mass is 10.1. The van der Waals surface area contributed by atoms with Gasteiger partial charge in [0.1, 0.15) is 0 Å². The fraction of sp³-hybridized carbons (Fsp3) is 0.294. The third-order valence-electron chi connectivity index (χ3n) is 3.60. The van der Waals surface area contributed by atoms with Crippen molar-refractivity contribution in [3.8, 4) is 17.1 Å². The first-order valence-corrected chi connectivity index (χ1v) is 7.88. The summed E-state index contributed by atoms with van der Waals surface area (Å²) in [5.74, 6) is 1.02. The number of methoxy groups -OCH3 is 1. The number of hydrogen-bond acceptors (Lipinski definition) is 4. The molecular formula is C17H17ClFN3O2. The van der Waals surface area contributed by atoms with Crippen LogP contribution < -0.4 is 4.74 Å². The zero-order valence-electron chi connectivity index (χ0n) is 13.6. The van der Waals surface area contributed by atoms with E-state index in [1.165, 1.54) is 19.4 Å². The lowest BCUT2D eigenvalue weighted by Crippen LogP contribution is -2.05. The van der Waals surface area contributed by atoms with Crippen molar-refractivity contribution in [2.24, 2.45) is 0 Å². The van der Waals surface area contributed by atoms with Gasteiger partial charge in [0.05, 0.1) is 18.9 Å². The van der Waals surface area contributed by atoms with Gasteiger partial charge in [-0.05, 0) is 49.2 Å². The van der Waals surface area contributed by atoms with Crippen LogP contribution >= 0.6 is 11.6 Å². The highest BCUT2D eigenvalue weighted by atomic mass is 35.5. The van der Waals surface area contributed by atoms with Crippen molar-refractivity contribution >= 4 is 11.6 Å². The van der Waals surface area contributed by atoms with Crippen LogP contribution in [0.2, 0.25) is 5.22 Å². The SMILES string of the molecule is COc1ccc(Cc2nc(-c3ccoc3Cl)n(C(C)C)n2)cc1F. The Hall–Kier alpha value is -2.34. The molecule has 24 heavy (non-hydrogen) atoms. The molecular weight excluding hydrogens is 333 g/mol. The van der Waals surface area contributed by atoms with Gasteiger partial charge in [-0.1, -0.05) is 6.07 Å². The van der Waals surface area contributed by atoms with Crippen LogP contribution in [-0.2, 0) is 6.42 Å². The Bertz CT molecular complexity index is 857. The summed E-state index contributed by atoms with van der Waals surface area (Å²) in [6, 6.07) is 6.67. The molecule has 0 unspecified atom stereocenters. The lowest BCUT2D eigenvalue weighted by Gasteiger charge is -2.07. The molecule has 5 nitrogen and oxygen atoms in total. The molecule has 3 rings (SSSR count). The van der Waals surface area contributed by atoms with E-state index in [-0.39, 0.29) is 17.0 Å². The average Bonchev–Trinajstić information content (AvgIpc) is 3.13. The summed E-state index contributed by atoms with van der Waals surface area (Å²) in [4.78, 5) is 4.56. The number of furan rings is 1. The highest BCUT2D eigenvalue weighted by Crippen LogP contribution is 2.29. The van der Waals surface area contributed by atoms with Crippen LogP contribution in [-0.4, -0.2) is 21.9 Å². The number of halogens is 2. The van der Waals surface area contributed by atoms with Gasteiger partial charge >= 0.3 is 0 Å². The van der Waals surface area contributed by atoms with Gasteiger partial charge in [-0.3, -0.25) is 0 Å². The molecule has 0 bridgehead atoms. The van der Waals surface area contributed by atoms with Gasteiger partial charge < -0.3 is 9.15 Å². The number of nitrogens with zero attached hydrogens (tertiary/aromatic N) is 3. The van der Waals surface area contributed by atoms with Crippen molar-refractivity contribution < 1.29 is 13.5 Å². The Morgan fingerprint density at radius 1 is 1.33 bits per heavy atom. The maximum Gasteiger partial charge on any atom is 0.204 e. The topological polar surface area (TPSA) is 53.1 Å². The second-order valence-corrected chi connectivity index (χ2v) is 5.99. The average molecular weight is 350 g/mol. The zero-order chi connectivity index (χ0) is 17.3. The highest BCUT2D eigenvalue weighted by molar-refractivity contribution is 6.31. The molecule has 0 fully saturated rings. The summed E-state index contributed by atoms with van der Waals surface area (Å²) in [6.45, 7) is 4.01. The van der Waals surface area contributed by atoms with Crippen molar-refractivity contribution in [1.82, 2.24) is 14.8 Å². The minimum atomic E-state index is -0.406. The summed E-state index contributed by atoms with van der Waals surface area (Å²) in [7, 11) is 1.44. The minimum absolute atomic E-state index is 0.0971. The molecule has 1 aromatic carbocycles. The van der Waals surface area contributed by atoms with Gasteiger partial charge in [-0.2, -0.15) is 5.10 Å². The van der Waals surface area contributed by atoms with E-state index in [9.17, 15) is 4.39 Å². The maximum absolute atomic E-state index is 13.8. The molecule has 0 spiro atoms. The van der Waals surface area contributed by atoms with E-state index in [1.807, 2.05) is 13.8 Å². The van der Waals surface area contributed by atoms with E-state index >= 15 is 0 Å². The molecule has 126 valence electrons. The van der Waals surface area contributed by atoms with E-state index in [4.69, 9.17) is 20.8 Å². The van der Waals surface area contributed by atoms with Crippen LogP contribution in [0.4, 0.5) is 4.39 Å². The standard InChI is InChI=1S/C17H17ClFN3O2/c1-10(2)22-17(12-6-7-24-16(12)18)20-15(21-22)9-11-4-5-14(23-3)13(19)8-11/h4-8,10H,9H2,1-3H3. The molecule has 0 aliphatic carbocycles. The Balaban J connectivity index is 1.95. The molecule has 0 saturated heterocycles. The van der Waals surface area contributed by atoms with Crippen LogP contribution in [0.3, 0.4) is 0 Å². The number of benzene rings is 1. The number of aromatic nitrogens is 3. The maximum atomic E-state index is 13.8. The van der Waals surface area contributed by atoms with Crippen LogP contribution in [0.15, 0.2) is 34.9 Å². The van der Waals surface area contributed by atoms with Gasteiger partial charge in [0, 0.05) is 12.5 Å². The highest BCUT2D eigenvalue weighted by Gasteiger charge is 2.18. The summed E-state index contributed by atoms with van der Waals surface area (Å²) in [5.41, 5.74) is 1.45. The van der Waals surface area contributed by atoms with Crippen molar-refractivity contribution in [2.45, 2.75) is 26.3 Å². The molecule has 7 heteroatoms. The molecule has 0 amide bonds. The first-order valence-electron chi connectivity index (χ1n) is 7.50. The minimum Gasteiger partial charge on any atom is -0.494 e. The number of ether oxygens (including phenoxy) is 1. The molecule has 0 N–H and O–H groups in total. The van der Waals surface area contributed by atoms with Crippen molar-refractivity contribution in [2.75, 3.05) is 7.11 Å². The van der Waals surface area contributed by atoms with Crippen LogP contribution in [0, 0.1) is 5.82 Å². The van der Waals surface area contributed by atoms with E-state index in [2.05, 4.69) is 10.1 Å². The Morgan fingerprint density at radius 3 is 2.71 bits per heavy atom. The molecule has 2 aromatic heterocycles. The largest absolute Gasteiger partial charge is 0.494 e. The smallest absolute Gasteiger partial charge is 0.204 e. The van der Waals surface area contributed by atoms with E-state index < -0.39 is 5.82 Å². The summed E-state index contributed by atoms with van der Waals surface area (Å²) < 4.78 is 25.7. The first-order chi connectivity index (χ1) is 11.5. The molecule has 0 radical (unpaired) electrons. The predicted molar refractivity (Wildman–Crippen MR) is 88.9 cm³/mol. The quantitative estimate of drug-likeness (QED) is 0.680. The molecule has 0 aliphatic heterocycles. The van der Waals surface area contributed by atoms with Gasteiger partial charge in [0.15, 0.2) is 23.2 Å². The first kappa shape index (κ1) is 16.5. The van der Waals surface area contributed by atoms with Crippen molar-refractivity contribution in [3.63, 3.8) is 0 Å². The van der Waals surface area contributed by atoms with Gasteiger partial charge in [-0.15, -0.1) is 0 Å². The summed E-state index contributed by atoms with van der Waals surface area (Å²) in [5, 5.41) is 4.80. The van der Waals surface area contributed by atoms with E-state index in [0.717, 1.165) is 5.56 Å². The third kappa shape index (κ3) is 3.14. The van der Waals surface area contributed by atoms with Crippen LogP contribution in [0.5, 0.6) is 5.75 Å². The predicted octanol–water partition coefficient (Wildman–Crippen LogP) is 4.51. The van der Waals surface area contributed by atoms with Crippen LogP contribution in [0.25, 0.3) is 11.4 Å².